The first-order valence-electron chi connectivity index (χ1n) is 5.60. The lowest BCUT2D eigenvalue weighted by molar-refractivity contribution is -0.0447. The summed E-state index contributed by atoms with van der Waals surface area (Å²) >= 11 is 11.9. The molecule has 0 aliphatic carbocycles. The molecular weight excluding hydrogens is 295 g/mol. The Balaban J connectivity index is 1.98. The van der Waals surface area contributed by atoms with E-state index >= 15 is 0 Å². The Kier molecular flexibility index (Phi) is 3.32. The number of aliphatic hydroxyl groups is 2. The molecule has 1 saturated heterocycles. The number of imidazole rings is 1. The zero-order chi connectivity index (χ0) is 13.6. The van der Waals surface area contributed by atoms with E-state index in [0.29, 0.717) is 17.9 Å². The van der Waals surface area contributed by atoms with Crippen LogP contribution in [0.15, 0.2) is 6.33 Å². The molecule has 102 valence electrons. The van der Waals surface area contributed by atoms with Crippen LogP contribution < -0.4 is 0 Å². The minimum Gasteiger partial charge on any atom is -0.394 e. The highest BCUT2D eigenvalue weighted by molar-refractivity contribution is 6.32. The van der Waals surface area contributed by atoms with Crippen molar-refractivity contribution in [2.24, 2.45) is 0 Å². The molecular formula is C10H10Cl2N4O3. The summed E-state index contributed by atoms with van der Waals surface area (Å²) in [6.45, 7) is -0.256. The van der Waals surface area contributed by atoms with E-state index in [4.69, 9.17) is 33.0 Å². The maximum absolute atomic E-state index is 9.72. The highest BCUT2D eigenvalue weighted by Gasteiger charge is 2.35. The summed E-state index contributed by atoms with van der Waals surface area (Å²) in [4.78, 5) is 12.0. The van der Waals surface area contributed by atoms with Crippen LogP contribution >= 0.6 is 23.2 Å². The molecule has 19 heavy (non-hydrogen) atoms. The topological polar surface area (TPSA) is 93.3 Å². The van der Waals surface area contributed by atoms with E-state index in [1.807, 2.05) is 0 Å². The molecule has 0 amide bonds. The molecule has 0 spiro atoms. The number of ether oxygens (including phenoxy) is 1. The fourth-order valence-corrected chi connectivity index (χ4v) is 2.52. The van der Waals surface area contributed by atoms with Crippen LogP contribution in [0.5, 0.6) is 0 Å². The quantitative estimate of drug-likeness (QED) is 0.627. The molecule has 0 aromatic rings. The molecule has 9 heteroatoms. The van der Waals surface area contributed by atoms with E-state index in [0.717, 1.165) is 0 Å². The molecule has 3 atom stereocenters. The van der Waals surface area contributed by atoms with Crippen LogP contribution in [0.1, 0.15) is 12.6 Å². The predicted molar refractivity (Wildman–Crippen MR) is 66.1 cm³/mol. The van der Waals surface area contributed by atoms with E-state index in [1.54, 1.807) is 0 Å². The minimum atomic E-state index is -0.747. The number of hydrogen-bond acceptors (Lipinski definition) is 6. The number of rotatable bonds is 2. The fraction of sp³-hybridized carbons (Fsp3) is 0.500. The van der Waals surface area contributed by atoms with Crippen molar-refractivity contribution >= 4 is 23.2 Å². The molecule has 0 radical (unpaired) electrons. The Morgan fingerprint density at radius 2 is 2.21 bits per heavy atom. The first-order valence-corrected chi connectivity index (χ1v) is 6.35. The summed E-state index contributed by atoms with van der Waals surface area (Å²) in [6, 6.07) is 0. The maximum Gasteiger partial charge on any atom is 0.225 e. The zero-order valence-corrected chi connectivity index (χ0v) is 11.1. The van der Waals surface area contributed by atoms with Gasteiger partial charge in [0.15, 0.2) is 5.82 Å². The summed E-state index contributed by atoms with van der Waals surface area (Å²) in [5.41, 5.74) is 0.375. The first kappa shape index (κ1) is 13.0. The monoisotopic (exact) mass is 304 g/mol. The van der Waals surface area contributed by atoms with Crippen LogP contribution in [0.25, 0.3) is 11.5 Å². The van der Waals surface area contributed by atoms with Crippen LogP contribution in [-0.2, 0) is 4.74 Å². The van der Waals surface area contributed by atoms with Crippen molar-refractivity contribution in [2.45, 2.75) is 24.9 Å². The number of hydrogen-bond donors (Lipinski definition) is 2. The molecule has 0 bridgehead atoms. The van der Waals surface area contributed by atoms with Gasteiger partial charge in [-0.25, -0.2) is 9.97 Å². The summed E-state index contributed by atoms with van der Waals surface area (Å²) in [5, 5.41) is 19.1. The maximum atomic E-state index is 9.72. The summed E-state index contributed by atoms with van der Waals surface area (Å²) in [6.07, 6.45) is -0.119. The van der Waals surface area contributed by atoms with Gasteiger partial charge in [0, 0.05) is 6.42 Å². The average Bonchev–Trinajstić information content (AvgIpc) is 2.92. The fourth-order valence-electron chi connectivity index (χ4n) is 2.08. The Labute approximate surface area is 118 Å². The van der Waals surface area contributed by atoms with E-state index in [-0.39, 0.29) is 17.0 Å². The van der Waals surface area contributed by atoms with Gasteiger partial charge >= 0.3 is 0 Å². The van der Waals surface area contributed by atoms with Crippen molar-refractivity contribution in [3.05, 3.63) is 16.8 Å². The van der Waals surface area contributed by atoms with Crippen LogP contribution in [0.2, 0.25) is 10.4 Å². The summed E-state index contributed by atoms with van der Waals surface area (Å²) < 4.78 is 7.04. The zero-order valence-electron chi connectivity index (χ0n) is 9.57. The van der Waals surface area contributed by atoms with Gasteiger partial charge in [0.25, 0.3) is 0 Å². The van der Waals surface area contributed by atoms with Gasteiger partial charge in [0.1, 0.15) is 29.5 Å². The number of aromatic nitrogens is 4. The van der Waals surface area contributed by atoms with E-state index in [2.05, 4.69) is 15.0 Å². The lowest BCUT2D eigenvalue weighted by Crippen LogP contribution is -2.24. The number of halogens is 2. The number of fused-ring (bicyclic) bond motifs is 1. The van der Waals surface area contributed by atoms with Crippen LogP contribution in [-0.4, -0.2) is 48.5 Å². The van der Waals surface area contributed by atoms with E-state index in [1.165, 1.54) is 10.9 Å². The Hall–Kier alpha value is -0.990. The first-order chi connectivity index (χ1) is 9.10. The second-order valence-corrected chi connectivity index (χ2v) is 4.92. The largest absolute Gasteiger partial charge is 0.394 e. The smallest absolute Gasteiger partial charge is 0.225 e. The lowest BCUT2D eigenvalue weighted by Gasteiger charge is -2.17. The molecule has 7 nitrogen and oxygen atoms in total. The minimum absolute atomic E-state index is 0.0720. The summed E-state index contributed by atoms with van der Waals surface area (Å²) in [7, 11) is 0. The normalized spacial score (nSPS) is 27.3. The van der Waals surface area contributed by atoms with Gasteiger partial charge in [-0.15, -0.1) is 0 Å². The third-order valence-electron chi connectivity index (χ3n) is 3.03. The van der Waals surface area contributed by atoms with Gasteiger partial charge in [0.05, 0.1) is 12.7 Å². The number of aliphatic hydroxyl groups excluding tert-OH is 2. The predicted octanol–water partition coefficient (Wildman–Crippen LogP) is 0.725. The van der Waals surface area contributed by atoms with Gasteiger partial charge in [-0.05, 0) is 11.6 Å². The van der Waals surface area contributed by atoms with Gasteiger partial charge in [0.2, 0.25) is 5.28 Å². The lowest BCUT2D eigenvalue weighted by atomic mass is 10.2. The van der Waals surface area contributed by atoms with E-state index < -0.39 is 18.4 Å². The Morgan fingerprint density at radius 1 is 1.42 bits per heavy atom. The van der Waals surface area contributed by atoms with Gasteiger partial charge in [-0.2, -0.15) is 4.98 Å². The molecule has 0 aromatic heterocycles. The molecule has 1 unspecified atom stereocenters. The second-order valence-electron chi connectivity index (χ2n) is 4.22. The Morgan fingerprint density at radius 3 is 2.89 bits per heavy atom. The SMILES string of the molecule is OC[C@H]1OC(n2cnc3nc(Cl)nc-3c2Cl)C[C@@H]1O. The third kappa shape index (κ3) is 2.17. The van der Waals surface area contributed by atoms with Gasteiger partial charge < -0.3 is 14.9 Å². The van der Waals surface area contributed by atoms with Crippen molar-refractivity contribution in [3.8, 4) is 11.5 Å². The molecule has 0 saturated carbocycles. The van der Waals surface area contributed by atoms with E-state index in [9.17, 15) is 5.11 Å². The van der Waals surface area contributed by atoms with Crippen molar-refractivity contribution in [3.63, 3.8) is 0 Å². The molecule has 0 aromatic carbocycles. The highest BCUT2D eigenvalue weighted by Crippen LogP contribution is 2.34. The highest BCUT2D eigenvalue weighted by atomic mass is 35.5. The molecule has 1 fully saturated rings. The third-order valence-corrected chi connectivity index (χ3v) is 3.58. The average molecular weight is 305 g/mol. The van der Waals surface area contributed by atoms with Crippen LogP contribution in [0.4, 0.5) is 0 Å². The molecule has 3 aliphatic rings. The molecule has 2 N–H and O–H groups in total. The van der Waals surface area contributed by atoms with Gasteiger partial charge in [-0.1, -0.05) is 11.6 Å². The molecule has 3 rings (SSSR count). The number of nitrogens with zero attached hydrogens (tertiary/aromatic N) is 4. The molecule has 3 aliphatic heterocycles. The molecule has 3 heterocycles. The van der Waals surface area contributed by atoms with Gasteiger partial charge in [-0.3, -0.25) is 4.57 Å². The van der Waals surface area contributed by atoms with Crippen LogP contribution in [0.3, 0.4) is 0 Å². The van der Waals surface area contributed by atoms with Crippen molar-refractivity contribution in [1.82, 2.24) is 19.5 Å². The second kappa shape index (κ2) is 4.84. The standard InChI is InChI=1S/C10H10Cl2N4O3/c11-8-7-9(15-10(12)14-7)13-3-16(8)6-1-4(18)5(2-17)19-6/h3-6,17-18H,1-2H2/t4-,5+,6?/m0/s1. The van der Waals surface area contributed by atoms with Crippen LogP contribution in [0, 0.1) is 0 Å². The van der Waals surface area contributed by atoms with Crippen molar-refractivity contribution < 1.29 is 14.9 Å². The summed E-state index contributed by atoms with van der Waals surface area (Å²) in [5.74, 6) is 0.350. The Bertz CT molecular complexity index is 578. The van der Waals surface area contributed by atoms with Crippen molar-refractivity contribution in [2.75, 3.05) is 6.61 Å². The van der Waals surface area contributed by atoms with Crippen molar-refractivity contribution in [1.29, 1.82) is 0 Å².